The molecule has 0 aliphatic carbocycles. The van der Waals surface area contributed by atoms with Crippen LogP contribution in [0, 0.1) is 0 Å². The van der Waals surface area contributed by atoms with E-state index in [1.54, 1.807) is 24.3 Å². The number of hydrogen-bond donors (Lipinski definition) is 1. The van der Waals surface area contributed by atoms with Gasteiger partial charge in [-0.2, -0.15) is 0 Å². The Kier molecular flexibility index (Phi) is 5.13. The van der Waals surface area contributed by atoms with Crippen LogP contribution in [-0.4, -0.2) is 5.11 Å². The summed E-state index contributed by atoms with van der Waals surface area (Å²) in [5, 5.41) is 8.63. The number of phenolic OH excluding ortho intramolecular Hbond substituents is 1. The van der Waals surface area contributed by atoms with Crippen LogP contribution in [0.1, 0.15) is 25.3 Å². The standard InChI is InChI=1S/C9H12.C6H6O/c1-8(2)9-6-4-3-5-7-9;7-6-4-2-1-3-5-6/h3-8H,1-2H3;1-5,7H. The van der Waals surface area contributed by atoms with Crippen molar-refractivity contribution in [3.63, 3.8) is 0 Å². The van der Waals surface area contributed by atoms with Gasteiger partial charge in [-0.05, 0) is 23.6 Å². The SMILES string of the molecule is CC(C)c1ccccc1.Oc1ccccc1. The Hall–Kier alpha value is -1.76. The molecule has 0 fully saturated rings. The van der Waals surface area contributed by atoms with Gasteiger partial charge in [-0.1, -0.05) is 62.4 Å². The highest BCUT2D eigenvalue weighted by Crippen LogP contribution is 2.11. The van der Waals surface area contributed by atoms with Crippen molar-refractivity contribution in [2.75, 3.05) is 0 Å². The number of benzene rings is 2. The van der Waals surface area contributed by atoms with Gasteiger partial charge in [-0.3, -0.25) is 0 Å². The van der Waals surface area contributed by atoms with Gasteiger partial charge in [0.05, 0.1) is 0 Å². The molecule has 0 saturated carbocycles. The van der Waals surface area contributed by atoms with Gasteiger partial charge in [0.25, 0.3) is 0 Å². The molecule has 0 heterocycles. The highest BCUT2D eigenvalue weighted by atomic mass is 16.3. The molecule has 0 spiro atoms. The molecule has 2 rings (SSSR count). The van der Waals surface area contributed by atoms with Gasteiger partial charge in [0.2, 0.25) is 0 Å². The molecule has 0 amide bonds. The second kappa shape index (κ2) is 6.67. The molecule has 16 heavy (non-hydrogen) atoms. The molecular formula is C15H18O. The van der Waals surface area contributed by atoms with E-state index in [9.17, 15) is 0 Å². The fourth-order valence-corrected chi connectivity index (χ4v) is 1.27. The van der Waals surface area contributed by atoms with Crippen molar-refractivity contribution in [1.29, 1.82) is 0 Å². The van der Waals surface area contributed by atoms with Crippen molar-refractivity contribution in [3.05, 3.63) is 66.2 Å². The molecule has 0 aliphatic rings. The molecule has 1 heteroatoms. The molecule has 2 aromatic rings. The largest absolute Gasteiger partial charge is 0.508 e. The lowest BCUT2D eigenvalue weighted by atomic mass is 10.0. The van der Waals surface area contributed by atoms with E-state index < -0.39 is 0 Å². The lowest BCUT2D eigenvalue weighted by molar-refractivity contribution is 0.475. The molecule has 0 unspecified atom stereocenters. The van der Waals surface area contributed by atoms with Crippen LogP contribution in [0.3, 0.4) is 0 Å². The molecule has 1 N–H and O–H groups in total. The van der Waals surface area contributed by atoms with E-state index in [0.717, 1.165) is 0 Å². The number of hydrogen-bond acceptors (Lipinski definition) is 1. The maximum atomic E-state index is 8.63. The molecular weight excluding hydrogens is 196 g/mol. The topological polar surface area (TPSA) is 20.2 Å². The fourth-order valence-electron chi connectivity index (χ4n) is 1.27. The Labute approximate surface area is 97.4 Å². The molecule has 0 radical (unpaired) electrons. The minimum Gasteiger partial charge on any atom is -0.508 e. The first-order chi connectivity index (χ1) is 7.70. The Morgan fingerprint density at radius 3 is 1.44 bits per heavy atom. The summed E-state index contributed by atoms with van der Waals surface area (Å²) in [7, 11) is 0. The van der Waals surface area contributed by atoms with Crippen molar-refractivity contribution in [2.24, 2.45) is 0 Å². The lowest BCUT2D eigenvalue weighted by Gasteiger charge is -2.01. The molecule has 0 aromatic heterocycles. The van der Waals surface area contributed by atoms with Gasteiger partial charge < -0.3 is 5.11 Å². The number of para-hydroxylation sites is 1. The maximum absolute atomic E-state index is 8.63. The van der Waals surface area contributed by atoms with E-state index >= 15 is 0 Å². The van der Waals surface area contributed by atoms with E-state index in [2.05, 4.69) is 38.1 Å². The zero-order chi connectivity index (χ0) is 11.8. The van der Waals surface area contributed by atoms with Crippen molar-refractivity contribution in [3.8, 4) is 5.75 Å². The summed E-state index contributed by atoms with van der Waals surface area (Å²) in [5.41, 5.74) is 1.41. The number of rotatable bonds is 1. The normalized spacial score (nSPS) is 9.44. The number of phenols is 1. The van der Waals surface area contributed by atoms with Crippen molar-refractivity contribution in [1.82, 2.24) is 0 Å². The third-order valence-corrected chi connectivity index (χ3v) is 2.22. The smallest absolute Gasteiger partial charge is 0.115 e. The first-order valence-electron chi connectivity index (χ1n) is 5.49. The van der Waals surface area contributed by atoms with Crippen LogP contribution < -0.4 is 0 Å². The first kappa shape index (κ1) is 12.3. The predicted octanol–water partition coefficient (Wildman–Crippen LogP) is 4.20. The summed E-state index contributed by atoms with van der Waals surface area (Å²) in [6.45, 7) is 4.41. The van der Waals surface area contributed by atoms with Crippen LogP contribution in [0.4, 0.5) is 0 Å². The predicted molar refractivity (Wildman–Crippen MR) is 68.6 cm³/mol. The van der Waals surface area contributed by atoms with Crippen molar-refractivity contribution in [2.45, 2.75) is 19.8 Å². The maximum Gasteiger partial charge on any atom is 0.115 e. The lowest BCUT2D eigenvalue weighted by Crippen LogP contribution is -1.83. The fraction of sp³-hybridized carbons (Fsp3) is 0.200. The monoisotopic (exact) mass is 214 g/mol. The van der Waals surface area contributed by atoms with Crippen molar-refractivity contribution < 1.29 is 5.11 Å². The molecule has 0 aliphatic heterocycles. The Balaban J connectivity index is 0.000000165. The second-order valence-corrected chi connectivity index (χ2v) is 3.90. The van der Waals surface area contributed by atoms with Crippen molar-refractivity contribution >= 4 is 0 Å². The van der Waals surface area contributed by atoms with E-state index in [1.807, 2.05) is 12.1 Å². The zero-order valence-corrected chi connectivity index (χ0v) is 9.80. The van der Waals surface area contributed by atoms with Gasteiger partial charge in [0.1, 0.15) is 5.75 Å². The summed E-state index contributed by atoms with van der Waals surface area (Å²) < 4.78 is 0. The van der Waals surface area contributed by atoms with Crippen LogP contribution in [0.25, 0.3) is 0 Å². The quantitative estimate of drug-likeness (QED) is 0.754. The Morgan fingerprint density at radius 1 is 0.750 bits per heavy atom. The molecule has 84 valence electrons. The third-order valence-electron chi connectivity index (χ3n) is 2.22. The van der Waals surface area contributed by atoms with Crippen LogP contribution >= 0.6 is 0 Å². The second-order valence-electron chi connectivity index (χ2n) is 3.90. The molecule has 0 bridgehead atoms. The molecule has 0 saturated heterocycles. The molecule has 0 atom stereocenters. The van der Waals surface area contributed by atoms with Crippen LogP contribution in [-0.2, 0) is 0 Å². The minimum atomic E-state index is 0.322. The summed E-state index contributed by atoms with van der Waals surface area (Å²) in [4.78, 5) is 0. The third kappa shape index (κ3) is 4.65. The van der Waals surface area contributed by atoms with E-state index in [-0.39, 0.29) is 0 Å². The van der Waals surface area contributed by atoms with Gasteiger partial charge in [-0.15, -0.1) is 0 Å². The van der Waals surface area contributed by atoms with E-state index in [4.69, 9.17) is 5.11 Å². The molecule has 1 nitrogen and oxygen atoms in total. The van der Waals surface area contributed by atoms with Gasteiger partial charge >= 0.3 is 0 Å². The zero-order valence-electron chi connectivity index (χ0n) is 9.80. The Morgan fingerprint density at radius 2 is 1.19 bits per heavy atom. The minimum absolute atomic E-state index is 0.322. The summed E-state index contributed by atoms with van der Waals surface area (Å²) in [6.07, 6.45) is 0. The number of aromatic hydroxyl groups is 1. The van der Waals surface area contributed by atoms with Gasteiger partial charge in [0.15, 0.2) is 0 Å². The first-order valence-corrected chi connectivity index (χ1v) is 5.49. The average molecular weight is 214 g/mol. The average Bonchev–Trinajstić information content (AvgIpc) is 2.32. The van der Waals surface area contributed by atoms with E-state index in [0.29, 0.717) is 11.7 Å². The van der Waals surface area contributed by atoms with Crippen LogP contribution in [0.2, 0.25) is 0 Å². The van der Waals surface area contributed by atoms with Gasteiger partial charge in [-0.25, -0.2) is 0 Å². The van der Waals surface area contributed by atoms with Crippen LogP contribution in [0.5, 0.6) is 5.75 Å². The summed E-state index contributed by atoms with van der Waals surface area (Å²) in [5.74, 6) is 0.980. The van der Waals surface area contributed by atoms with Crippen LogP contribution in [0.15, 0.2) is 60.7 Å². The summed E-state index contributed by atoms with van der Waals surface area (Å²) in [6, 6.07) is 19.2. The molecule has 2 aromatic carbocycles. The highest BCUT2D eigenvalue weighted by Gasteiger charge is 1.93. The van der Waals surface area contributed by atoms with Gasteiger partial charge in [0, 0.05) is 0 Å². The highest BCUT2D eigenvalue weighted by molar-refractivity contribution is 5.18. The van der Waals surface area contributed by atoms with E-state index in [1.165, 1.54) is 5.56 Å². The Bertz CT molecular complexity index is 379. The summed E-state index contributed by atoms with van der Waals surface area (Å²) >= 11 is 0.